The zero-order valence-corrected chi connectivity index (χ0v) is 21.4. The minimum absolute atomic E-state index is 0. The molecule has 1 aliphatic rings. The van der Waals surface area contributed by atoms with Crippen molar-refractivity contribution in [3.8, 4) is 0 Å². The summed E-state index contributed by atoms with van der Waals surface area (Å²) >= 11 is 0. The zero-order valence-electron chi connectivity index (χ0n) is 19.1. The molecule has 0 aromatic heterocycles. The van der Waals surface area contributed by atoms with Gasteiger partial charge in [0.25, 0.3) is 0 Å². The number of unbranched alkanes of at least 4 members (excludes halogenated alkanes) is 1. The summed E-state index contributed by atoms with van der Waals surface area (Å²) in [6, 6.07) is 10.4. The summed E-state index contributed by atoms with van der Waals surface area (Å²) in [6.07, 6.45) is 3.47. The molecule has 7 heteroatoms. The molecule has 30 heavy (non-hydrogen) atoms. The molecule has 2 N–H and O–H groups in total. The maximum atomic E-state index is 5.93. The largest absolute Gasteiger partial charge is 0.374 e. The smallest absolute Gasteiger partial charge is 0.191 e. The molecule has 1 fully saturated rings. The lowest BCUT2D eigenvalue weighted by molar-refractivity contribution is 0.0652. The maximum Gasteiger partial charge on any atom is 0.191 e. The number of piperazine rings is 1. The second-order valence-corrected chi connectivity index (χ2v) is 7.82. The standard InChI is InChI=1S/C23H41N5O.HI/c1-4-24-23(25-13-8-9-15-28-18-16-27(3)17-19-28)26-14-10-20-29-21(2)22-11-6-5-7-12-22;/h5-7,11-12,21H,4,8-10,13-20H2,1-3H3,(H2,24,25,26);1H. The molecular weight excluding hydrogens is 489 g/mol. The highest BCUT2D eigenvalue weighted by atomic mass is 127. The number of rotatable bonds is 12. The van der Waals surface area contributed by atoms with Gasteiger partial charge in [0.15, 0.2) is 5.96 Å². The monoisotopic (exact) mass is 531 g/mol. The summed E-state index contributed by atoms with van der Waals surface area (Å²) in [4.78, 5) is 9.66. The molecule has 1 heterocycles. The van der Waals surface area contributed by atoms with Crippen molar-refractivity contribution in [2.24, 2.45) is 4.99 Å². The van der Waals surface area contributed by atoms with Crippen LogP contribution in [0.5, 0.6) is 0 Å². The molecule has 0 amide bonds. The Bertz CT molecular complexity index is 564. The van der Waals surface area contributed by atoms with E-state index in [2.05, 4.69) is 70.6 Å². The van der Waals surface area contributed by atoms with Crippen molar-refractivity contribution in [2.75, 3.05) is 66.0 Å². The fourth-order valence-corrected chi connectivity index (χ4v) is 3.42. The Morgan fingerprint density at radius 1 is 1.07 bits per heavy atom. The first-order valence-corrected chi connectivity index (χ1v) is 11.3. The van der Waals surface area contributed by atoms with E-state index in [4.69, 9.17) is 4.74 Å². The molecule has 1 aliphatic heterocycles. The molecule has 2 rings (SSSR count). The average molecular weight is 532 g/mol. The second kappa shape index (κ2) is 16.8. The quantitative estimate of drug-likeness (QED) is 0.188. The number of nitrogens with one attached hydrogen (secondary N) is 2. The lowest BCUT2D eigenvalue weighted by Crippen LogP contribution is -2.44. The topological polar surface area (TPSA) is 52.1 Å². The number of aliphatic imine (C=N–C) groups is 1. The third-order valence-corrected chi connectivity index (χ3v) is 5.34. The number of guanidine groups is 1. The SMILES string of the molecule is CCNC(=NCCCOC(C)c1ccccc1)NCCCCN1CCN(C)CC1.I. The van der Waals surface area contributed by atoms with Crippen molar-refractivity contribution in [1.29, 1.82) is 0 Å². The van der Waals surface area contributed by atoms with E-state index in [-0.39, 0.29) is 30.1 Å². The number of benzene rings is 1. The molecule has 0 aliphatic carbocycles. The van der Waals surface area contributed by atoms with Gasteiger partial charge in [-0.25, -0.2) is 0 Å². The van der Waals surface area contributed by atoms with E-state index in [0.717, 1.165) is 38.6 Å². The summed E-state index contributed by atoms with van der Waals surface area (Å²) in [5, 5.41) is 6.80. The molecular formula is C23H42IN5O. The molecule has 1 atom stereocenters. The van der Waals surface area contributed by atoms with Crippen LogP contribution in [0.4, 0.5) is 0 Å². The number of likely N-dealkylation sites (N-methyl/N-ethyl adjacent to an activating group) is 1. The predicted octanol–water partition coefficient (Wildman–Crippen LogP) is 3.36. The molecule has 1 aromatic carbocycles. The fourth-order valence-electron chi connectivity index (χ4n) is 3.42. The number of halogens is 1. The van der Waals surface area contributed by atoms with E-state index in [1.165, 1.54) is 51.1 Å². The number of nitrogens with zero attached hydrogens (tertiary/aromatic N) is 3. The Hall–Kier alpha value is -0.900. The first kappa shape index (κ1) is 27.1. The molecule has 1 saturated heterocycles. The van der Waals surface area contributed by atoms with E-state index < -0.39 is 0 Å². The van der Waals surface area contributed by atoms with Crippen LogP contribution in [-0.4, -0.2) is 81.8 Å². The lowest BCUT2D eigenvalue weighted by atomic mass is 10.1. The van der Waals surface area contributed by atoms with Crippen LogP contribution in [0.1, 0.15) is 44.8 Å². The zero-order chi connectivity index (χ0) is 20.7. The normalized spacial score (nSPS) is 16.7. The van der Waals surface area contributed by atoms with E-state index >= 15 is 0 Å². The summed E-state index contributed by atoms with van der Waals surface area (Å²) in [6.45, 7) is 13.6. The van der Waals surface area contributed by atoms with Crippen LogP contribution >= 0.6 is 24.0 Å². The van der Waals surface area contributed by atoms with Gasteiger partial charge >= 0.3 is 0 Å². The third-order valence-electron chi connectivity index (χ3n) is 5.34. The summed E-state index contributed by atoms with van der Waals surface area (Å²) in [5.74, 6) is 0.920. The van der Waals surface area contributed by atoms with Gasteiger partial charge in [-0.2, -0.15) is 0 Å². The molecule has 1 aromatic rings. The molecule has 0 radical (unpaired) electrons. The molecule has 6 nitrogen and oxygen atoms in total. The van der Waals surface area contributed by atoms with Crippen molar-refractivity contribution >= 4 is 29.9 Å². The maximum absolute atomic E-state index is 5.93. The highest BCUT2D eigenvalue weighted by molar-refractivity contribution is 14.0. The van der Waals surface area contributed by atoms with E-state index in [1.807, 2.05) is 6.07 Å². The number of hydrogen-bond donors (Lipinski definition) is 2. The van der Waals surface area contributed by atoms with Crippen LogP contribution in [0.2, 0.25) is 0 Å². The van der Waals surface area contributed by atoms with Crippen LogP contribution in [0.25, 0.3) is 0 Å². The Balaban J connectivity index is 0.00000450. The summed E-state index contributed by atoms with van der Waals surface area (Å²) in [7, 11) is 2.21. The van der Waals surface area contributed by atoms with Gasteiger partial charge in [0.1, 0.15) is 0 Å². The van der Waals surface area contributed by atoms with Gasteiger partial charge in [0.2, 0.25) is 0 Å². The molecule has 0 spiro atoms. The lowest BCUT2D eigenvalue weighted by Gasteiger charge is -2.32. The number of hydrogen-bond acceptors (Lipinski definition) is 4. The van der Waals surface area contributed by atoms with E-state index in [1.54, 1.807) is 0 Å². The second-order valence-electron chi connectivity index (χ2n) is 7.82. The van der Waals surface area contributed by atoms with Crippen molar-refractivity contribution in [3.63, 3.8) is 0 Å². The first-order valence-electron chi connectivity index (χ1n) is 11.3. The molecule has 172 valence electrons. The van der Waals surface area contributed by atoms with Gasteiger partial charge in [0.05, 0.1) is 6.10 Å². The number of ether oxygens (including phenoxy) is 1. The van der Waals surface area contributed by atoms with Gasteiger partial charge in [-0.05, 0) is 52.3 Å². The van der Waals surface area contributed by atoms with Crippen LogP contribution in [0.3, 0.4) is 0 Å². The van der Waals surface area contributed by atoms with Crippen molar-refractivity contribution in [1.82, 2.24) is 20.4 Å². The van der Waals surface area contributed by atoms with Crippen LogP contribution in [0.15, 0.2) is 35.3 Å². The highest BCUT2D eigenvalue weighted by Crippen LogP contribution is 2.15. The Morgan fingerprint density at radius 3 is 2.50 bits per heavy atom. The van der Waals surface area contributed by atoms with Crippen LogP contribution in [0, 0.1) is 0 Å². The van der Waals surface area contributed by atoms with Crippen molar-refractivity contribution in [3.05, 3.63) is 35.9 Å². The van der Waals surface area contributed by atoms with Gasteiger partial charge < -0.3 is 25.2 Å². The Labute approximate surface area is 200 Å². The van der Waals surface area contributed by atoms with E-state index in [0.29, 0.717) is 0 Å². The van der Waals surface area contributed by atoms with Gasteiger partial charge in [-0.15, -0.1) is 24.0 Å². The van der Waals surface area contributed by atoms with Gasteiger partial charge in [-0.3, -0.25) is 4.99 Å². The van der Waals surface area contributed by atoms with Gasteiger partial charge in [0, 0.05) is 52.4 Å². The predicted molar refractivity (Wildman–Crippen MR) is 138 cm³/mol. The Kier molecular flexibility index (Phi) is 15.2. The third kappa shape index (κ3) is 11.5. The fraction of sp³-hybridized carbons (Fsp3) is 0.696. The minimum atomic E-state index is 0. The summed E-state index contributed by atoms with van der Waals surface area (Å²) in [5.41, 5.74) is 1.22. The first-order chi connectivity index (χ1) is 14.2. The van der Waals surface area contributed by atoms with Crippen molar-refractivity contribution in [2.45, 2.75) is 39.2 Å². The average Bonchev–Trinajstić information content (AvgIpc) is 2.75. The van der Waals surface area contributed by atoms with E-state index in [9.17, 15) is 0 Å². The molecule has 0 bridgehead atoms. The van der Waals surface area contributed by atoms with Crippen molar-refractivity contribution < 1.29 is 4.74 Å². The Morgan fingerprint density at radius 2 is 1.80 bits per heavy atom. The molecule has 1 unspecified atom stereocenters. The minimum Gasteiger partial charge on any atom is -0.374 e. The molecule has 0 saturated carbocycles. The summed E-state index contributed by atoms with van der Waals surface area (Å²) < 4.78 is 5.93. The van der Waals surface area contributed by atoms with Crippen LogP contribution < -0.4 is 10.6 Å². The highest BCUT2D eigenvalue weighted by Gasteiger charge is 2.12. The van der Waals surface area contributed by atoms with Crippen LogP contribution in [-0.2, 0) is 4.74 Å². The van der Waals surface area contributed by atoms with Gasteiger partial charge in [-0.1, -0.05) is 30.3 Å².